The predicted octanol–water partition coefficient (Wildman–Crippen LogP) is 5.38. The summed E-state index contributed by atoms with van der Waals surface area (Å²) in [5, 5.41) is 18.9. The quantitative estimate of drug-likeness (QED) is 0.195. The molecule has 1 fully saturated rings. The SMILES string of the molecule is CCCCCCCCCCCCOc1ccc(C=NN=C2NC(=O)C(CC(=O)O)S2)cc1. The molecule has 8 heteroatoms. The van der Waals surface area contributed by atoms with E-state index in [0.717, 1.165) is 36.1 Å². The van der Waals surface area contributed by atoms with Gasteiger partial charge in [0.05, 0.1) is 19.2 Å². The second-order valence-electron chi connectivity index (χ2n) is 7.94. The largest absolute Gasteiger partial charge is 0.494 e. The van der Waals surface area contributed by atoms with Crippen molar-refractivity contribution in [1.29, 1.82) is 0 Å². The summed E-state index contributed by atoms with van der Waals surface area (Å²) in [5.74, 6) is -0.535. The number of thioether (sulfide) groups is 1. The summed E-state index contributed by atoms with van der Waals surface area (Å²) in [6, 6.07) is 7.59. The van der Waals surface area contributed by atoms with Crippen LogP contribution >= 0.6 is 11.8 Å². The number of rotatable bonds is 16. The molecular formula is C24H35N3O4S. The van der Waals surface area contributed by atoms with Gasteiger partial charge in [0.1, 0.15) is 11.0 Å². The van der Waals surface area contributed by atoms with Crippen LogP contribution in [-0.2, 0) is 9.59 Å². The lowest BCUT2D eigenvalue weighted by atomic mass is 10.1. The number of carbonyl (C=O) groups excluding carboxylic acids is 1. The summed E-state index contributed by atoms with van der Waals surface area (Å²) in [6.45, 7) is 2.98. The molecule has 1 aromatic carbocycles. The van der Waals surface area contributed by atoms with Crippen molar-refractivity contribution in [3.05, 3.63) is 29.8 Å². The first-order valence-electron chi connectivity index (χ1n) is 11.6. The number of nitrogens with one attached hydrogen (secondary N) is 1. The van der Waals surface area contributed by atoms with Gasteiger partial charge in [-0.25, -0.2) is 0 Å². The van der Waals surface area contributed by atoms with E-state index >= 15 is 0 Å². The van der Waals surface area contributed by atoms with Crippen LogP contribution in [0.25, 0.3) is 0 Å². The highest BCUT2D eigenvalue weighted by Gasteiger charge is 2.32. The van der Waals surface area contributed by atoms with E-state index in [1.165, 1.54) is 57.8 Å². The van der Waals surface area contributed by atoms with Gasteiger partial charge in [0.2, 0.25) is 5.91 Å². The second-order valence-corrected chi connectivity index (χ2v) is 9.13. The lowest BCUT2D eigenvalue weighted by Gasteiger charge is -2.06. The van der Waals surface area contributed by atoms with Gasteiger partial charge in [-0.05, 0) is 36.2 Å². The van der Waals surface area contributed by atoms with E-state index in [-0.39, 0.29) is 12.3 Å². The van der Waals surface area contributed by atoms with E-state index in [4.69, 9.17) is 9.84 Å². The first-order valence-corrected chi connectivity index (χ1v) is 12.5. The summed E-state index contributed by atoms with van der Waals surface area (Å²) < 4.78 is 5.80. The summed E-state index contributed by atoms with van der Waals surface area (Å²) in [6.07, 6.45) is 14.4. The van der Waals surface area contributed by atoms with Crippen molar-refractivity contribution >= 4 is 35.0 Å². The minimum Gasteiger partial charge on any atom is -0.494 e. The number of unbranched alkanes of at least 4 members (excludes halogenated alkanes) is 9. The normalized spacial score (nSPS) is 17.2. The first-order chi connectivity index (χ1) is 15.6. The summed E-state index contributed by atoms with van der Waals surface area (Å²) >= 11 is 1.08. The van der Waals surface area contributed by atoms with Gasteiger partial charge >= 0.3 is 5.97 Å². The Labute approximate surface area is 195 Å². The molecule has 0 bridgehead atoms. The van der Waals surface area contributed by atoms with Crippen molar-refractivity contribution in [2.45, 2.75) is 82.8 Å². The smallest absolute Gasteiger partial charge is 0.305 e. The molecule has 1 atom stereocenters. The summed E-state index contributed by atoms with van der Waals surface area (Å²) in [5.41, 5.74) is 0.858. The van der Waals surface area contributed by atoms with Crippen molar-refractivity contribution in [2.24, 2.45) is 10.2 Å². The highest BCUT2D eigenvalue weighted by Crippen LogP contribution is 2.22. The van der Waals surface area contributed by atoms with E-state index in [9.17, 15) is 9.59 Å². The Balaban J connectivity index is 1.58. The maximum Gasteiger partial charge on any atom is 0.305 e. The van der Waals surface area contributed by atoms with Crippen LogP contribution in [0.5, 0.6) is 5.75 Å². The standard InChI is InChI=1S/C24H35N3O4S/c1-2-3-4-5-6-7-8-9-10-11-16-31-20-14-12-19(13-15-20)18-25-27-24-26-23(30)21(32-24)17-22(28)29/h12-15,18,21H,2-11,16-17H2,1H3,(H,28,29)(H,26,27,30). The summed E-state index contributed by atoms with van der Waals surface area (Å²) in [4.78, 5) is 22.4. The number of nitrogens with zero attached hydrogens (tertiary/aromatic N) is 2. The van der Waals surface area contributed by atoms with Gasteiger partial charge < -0.3 is 15.2 Å². The van der Waals surface area contributed by atoms with Crippen LogP contribution in [0.4, 0.5) is 0 Å². The molecule has 0 spiro atoms. The molecule has 32 heavy (non-hydrogen) atoms. The number of carboxylic acids is 1. The van der Waals surface area contributed by atoms with Crippen LogP contribution in [0, 0.1) is 0 Å². The summed E-state index contributed by atoms with van der Waals surface area (Å²) in [7, 11) is 0. The number of amidine groups is 1. The van der Waals surface area contributed by atoms with Crippen LogP contribution in [-0.4, -0.2) is 40.2 Å². The Morgan fingerprint density at radius 1 is 1.06 bits per heavy atom. The number of benzene rings is 1. The lowest BCUT2D eigenvalue weighted by Crippen LogP contribution is -2.26. The average Bonchev–Trinajstić information content (AvgIpc) is 3.11. The Morgan fingerprint density at radius 2 is 1.69 bits per heavy atom. The monoisotopic (exact) mass is 461 g/mol. The van der Waals surface area contributed by atoms with Crippen LogP contribution in [0.2, 0.25) is 0 Å². The number of aliphatic carboxylic acids is 1. The van der Waals surface area contributed by atoms with Crippen molar-refractivity contribution in [3.8, 4) is 5.75 Å². The van der Waals surface area contributed by atoms with Gasteiger partial charge in [0.15, 0.2) is 5.17 Å². The Morgan fingerprint density at radius 3 is 2.31 bits per heavy atom. The molecule has 1 amide bonds. The molecule has 0 aromatic heterocycles. The Kier molecular flexibility index (Phi) is 12.5. The van der Waals surface area contributed by atoms with Gasteiger partial charge in [-0.2, -0.15) is 5.10 Å². The van der Waals surface area contributed by atoms with Gasteiger partial charge in [0, 0.05) is 0 Å². The fraction of sp³-hybridized carbons (Fsp3) is 0.583. The second kappa shape index (κ2) is 15.5. The molecule has 0 radical (unpaired) electrons. The fourth-order valence-electron chi connectivity index (χ4n) is 3.32. The molecule has 176 valence electrons. The number of carbonyl (C=O) groups is 2. The average molecular weight is 462 g/mol. The fourth-order valence-corrected chi connectivity index (χ4v) is 4.24. The molecule has 1 saturated heterocycles. The van der Waals surface area contributed by atoms with Gasteiger partial charge in [-0.3, -0.25) is 9.59 Å². The van der Waals surface area contributed by atoms with Gasteiger partial charge in [-0.1, -0.05) is 76.5 Å². The zero-order chi connectivity index (χ0) is 23.0. The maximum atomic E-state index is 11.7. The van der Waals surface area contributed by atoms with E-state index in [1.807, 2.05) is 24.3 Å². The number of hydrogen-bond acceptors (Lipinski definition) is 6. The van der Waals surface area contributed by atoms with E-state index < -0.39 is 11.2 Å². The van der Waals surface area contributed by atoms with Crippen LogP contribution in [0.15, 0.2) is 34.5 Å². The number of amides is 1. The molecule has 0 aliphatic carbocycles. The Hall–Kier alpha value is -2.35. The van der Waals surface area contributed by atoms with Crippen LogP contribution in [0.1, 0.15) is 83.1 Å². The van der Waals surface area contributed by atoms with Crippen molar-refractivity contribution in [1.82, 2.24) is 5.32 Å². The van der Waals surface area contributed by atoms with E-state index in [1.54, 1.807) is 6.21 Å². The molecule has 2 rings (SSSR count). The number of hydrogen-bond donors (Lipinski definition) is 2. The van der Waals surface area contributed by atoms with Crippen molar-refractivity contribution in [3.63, 3.8) is 0 Å². The predicted molar refractivity (Wildman–Crippen MR) is 131 cm³/mol. The molecule has 1 heterocycles. The maximum absolute atomic E-state index is 11.7. The molecule has 2 N–H and O–H groups in total. The molecule has 0 saturated carbocycles. The third-order valence-corrected chi connectivity index (χ3v) is 6.21. The van der Waals surface area contributed by atoms with E-state index in [2.05, 4.69) is 22.4 Å². The molecule has 1 unspecified atom stereocenters. The number of ether oxygens (including phenoxy) is 1. The molecule has 1 aromatic rings. The Bertz CT molecular complexity index is 765. The zero-order valence-corrected chi connectivity index (χ0v) is 19.7. The first kappa shape index (κ1) is 25.9. The molecule has 7 nitrogen and oxygen atoms in total. The molecular weight excluding hydrogens is 426 g/mol. The minimum atomic E-state index is -1.02. The minimum absolute atomic E-state index is 0.236. The van der Waals surface area contributed by atoms with Crippen LogP contribution < -0.4 is 10.1 Å². The third kappa shape index (κ3) is 10.8. The lowest BCUT2D eigenvalue weighted by molar-refractivity contribution is -0.138. The number of carboxylic acid groups (broad SMARTS) is 1. The van der Waals surface area contributed by atoms with Crippen molar-refractivity contribution in [2.75, 3.05) is 6.61 Å². The highest BCUT2D eigenvalue weighted by atomic mass is 32.2. The molecule has 1 aliphatic heterocycles. The van der Waals surface area contributed by atoms with Crippen LogP contribution in [0.3, 0.4) is 0 Å². The van der Waals surface area contributed by atoms with Crippen molar-refractivity contribution < 1.29 is 19.4 Å². The highest BCUT2D eigenvalue weighted by molar-refractivity contribution is 8.15. The van der Waals surface area contributed by atoms with Gasteiger partial charge in [0.25, 0.3) is 0 Å². The van der Waals surface area contributed by atoms with E-state index in [0.29, 0.717) is 5.17 Å². The third-order valence-electron chi connectivity index (χ3n) is 5.14. The zero-order valence-electron chi connectivity index (χ0n) is 18.9. The van der Waals surface area contributed by atoms with Gasteiger partial charge in [-0.15, -0.1) is 5.10 Å². The molecule has 1 aliphatic rings. The topological polar surface area (TPSA) is 100 Å².